The van der Waals surface area contributed by atoms with E-state index < -0.39 is 5.60 Å². The number of likely N-dealkylation sites (tertiary alicyclic amines) is 1. The number of nitrogens with zero attached hydrogens (tertiary/aromatic N) is 2. The fraction of sp³-hybridized carbons (Fsp3) is 0.550. The number of aryl methyl sites for hydroxylation is 3. The quantitative estimate of drug-likeness (QED) is 0.876. The van der Waals surface area contributed by atoms with Gasteiger partial charge < -0.3 is 9.84 Å². The Morgan fingerprint density at radius 2 is 2.04 bits per heavy atom. The van der Waals surface area contributed by atoms with E-state index in [1.165, 1.54) is 16.7 Å². The van der Waals surface area contributed by atoms with Gasteiger partial charge in [0.2, 0.25) is 0 Å². The van der Waals surface area contributed by atoms with Gasteiger partial charge in [0, 0.05) is 24.3 Å². The number of benzene rings is 1. The van der Waals surface area contributed by atoms with Crippen LogP contribution in [0, 0.1) is 20.8 Å². The molecule has 2 aromatic rings. The predicted octanol–water partition coefficient (Wildman–Crippen LogP) is 3.13. The van der Waals surface area contributed by atoms with E-state index in [9.17, 15) is 5.11 Å². The number of nitrogens with one attached hydrogen (secondary N) is 1. The lowest BCUT2D eigenvalue weighted by atomic mass is 9.96. The van der Waals surface area contributed by atoms with Gasteiger partial charge >= 0.3 is 0 Å². The third-order valence-electron chi connectivity index (χ3n) is 5.32. The maximum absolute atomic E-state index is 11.0. The summed E-state index contributed by atoms with van der Waals surface area (Å²) in [7, 11) is 0. The van der Waals surface area contributed by atoms with Crippen molar-refractivity contribution in [2.75, 3.05) is 19.7 Å². The van der Waals surface area contributed by atoms with E-state index in [-0.39, 0.29) is 0 Å². The zero-order valence-electron chi connectivity index (χ0n) is 15.5. The zero-order chi connectivity index (χ0) is 17.9. The van der Waals surface area contributed by atoms with Gasteiger partial charge in [-0.05, 0) is 69.8 Å². The number of hydrogen-bond donors (Lipinski definition) is 2. The Balaban J connectivity index is 1.55. The van der Waals surface area contributed by atoms with Crippen molar-refractivity contribution in [3.05, 3.63) is 46.8 Å². The van der Waals surface area contributed by atoms with Gasteiger partial charge in [-0.15, -0.1) is 0 Å². The number of aromatic amines is 1. The van der Waals surface area contributed by atoms with E-state index in [0.29, 0.717) is 6.61 Å². The molecule has 0 aliphatic carbocycles. The molecular weight excluding hydrogens is 314 g/mol. The number of rotatable bonds is 5. The van der Waals surface area contributed by atoms with Crippen molar-refractivity contribution in [1.29, 1.82) is 0 Å². The molecule has 0 bridgehead atoms. The standard InChI is InChI=1S/C20H29N3O2/c1-15-5-6-19(11-16(15)2)25-14-20(24)7-4-9-23(10-8-20)13-18-12-21-22-17(18)3/h5-6,11-12,24H,4,7-10,13-14H2,1-3H3,(H,21,22). The summed E-state index contributed by atoms with van der Waals surface area (Å²) < 4.78 is 5.92. The molecule has 1 atom stereocenters. The van der Waals surface area contributed by atoms with Gasteiger partial charge in [0.25, 0.3) is 0 Å². The molecule has 1 fully saturated rings. The van der Waals surface area contributed by atoms with Crippen LogP contribution in [0.15, 0.2) is 24.4 Å². The highest BCUT2D eigenvalue weighted by molar-refractivity contribution is 5.33. The molecule has 0 saturated carbocycles. The molecule has 5 nitrogen and oxygen atoms in total. The van der Waals surface area contributed by atoms with Crippen LogP contribution < -0.4 is 4.74 Å². The largest absolute Gasteiger partial charge is 0.491 e. The average molecular weight is 343 g/mol. The van der Waals surface area contributed by atoms with Gasteiger partial charge in [0.1, 0.15) is 12.4 Å². The van der Waals surface area contributed by atoms with E-state index in [0.717, 1.165) is 50.3 Å². The molecule has 1 aliphatic heterocycles. The van der Waals surface area contributed by atoms with Crippen LogP contribution in [0.4, 0.5) is 0 Å². The lowest BCUT2D eigenvalue weighted by molar-refractivity contribution is -0.0168. The maximum Gasteiger partial charge on any atom is 0.119 e. The van der Waals surface area contributed by atoms with Crippen molar-refractivity contribution in [2.45, 2.75) is 52.2 Å². The molecular formula is C20H29N3O2. The lowest BCUT2D eigenvalue weighted by Gasteiger charge is -2.27. The summed E-state index contributed by atoms with van der Waals surface area (Å²) in [5.41, 5.74) is 4.08. The Kier molecular flexibility index (Phi) is 5.45. The van der Waals surface area contributed by atoms with Crippen molar-refractivity contribution >= 4 is 0 Å². The molecule has 1 aliphatic rings. The second kappa shape index (κ2) is 7.58. The van der Waals surface area contributed by atoms with Crippen molar-refractivity contribution in [1.82, 2.24) is 15.1 Å². The highest BCUT2D eigenvalue weighted by atomic mass is 16.5. The topological polar surface area (TPSA) is 61.4 Å². The van der Waals surface area contributed by atoms with Gasteiger partial charge in [-0.2, -0.15) is 5.10 Å². The van der Waals surface area contributed by atoms with Crippen LogP contribution in [-0.4, -0.2) is 45.5 Å². The zero-order valence-corrected chi connectivity index (χ0v) is 15.5. The first-order valence-electron chi connectivity index (χ1n) is 9.09. The Bertz CT molecular complexity index is 713. The van der Waals surface area contributed by atoms with Crippen LogP contribution in [0.2, 0.25) is 0 Å². The van der Waals surface area contributed by atoms with E-state index >= 15 is 0 Å². The van der Waals surface area contributed by atoms with Crippen molar-refractivity contribution in [3.8, 4) is 5.75 Å². The normalized spacial score (nSPS) is 21.9. The van der Waals surface area contributed by atoms with Gasteiger partial charge in [0.15, 0.2) is 0 Å². The van der Waals surface area contributed by atoms with Gasteiger partial charge in [-0.3, -0.25) is 10.00 Å². The molecule has 1 unspecified atom stereocenters. The van der Waals surface area contributed by atoms with Crippen molar-refractivity contribution in [3.63, 3.8) is 0 Å². The minimum atomic E-state index is -0.751. The molecule has 1 saturated heterocycles. The minimum Gasteiger partial charge on any atom is -0.491 e. The van der Waals surface area contributed by atoms with Crippen LogP contribution in [0.1, 0.15) is 41.6 Å². The number of aliphatic hydroxyl groups is 1. The Morgan fingerprint density at radius 3 is 2.76 bits per heavy atom. The summed E-state index contributed by atoms with van der Waals surface area (Å²) in [5, 5.41) is 18.1. The third-order valence-corrected chi connectivity index (χ3v) is 5.32. The lowest BCUT2D eigenvalue weighted by Crippen LogP contribution is -2.37. The second-order valence-corrected chi connectivity index (χ2v) is 7.41. The van der Waals surface area contributed by atoms with Crippen LogP contribution >= 0.6 is 0 Å². The Morgan fingerprint density at radius 1 is 1.20 bits per heavy atom. The number of aromatic nitrogens is 2. The monoisotopic (exact) mass is 343 g/mol. The Labute approximate surface area is 150 Å². The Hall–Kier alpha value is -1.85. The summed E-state index contributed by atoms with van der Waals surface area (Å²) in [5.74, 6) is 0.839. The first kappa shape index (κ1) is 18.0. The molecule has 3 rings (SSSR count). The van der Waals surface area contributed by atoms with Crippen molar-refractivity contribution in [2.24, 2.45) is 0 Å². The number of H-pyrrole nitrogens is 1. The average Bonchev–Trinajstić information content (AvgIpc) is 2.88. The second-order valence-electron chi connectivity index (χ2n) is 7.41. The van der Waals surface area contributed by atoms with Gasteiger partial charge in [0.05, 0.1) is 11.8 Å². The fourth-order valence-corrected chi connectivity index (χ4v) is 3.33. The SMILES string of the molecule is Cc1ccc(OCC2(O)CCCN(Cc3cn[nH]c3C)CC2)cc1C. The molecule has 1 aromatic carbocycles. The molecule has 136 valence electrons. The summed E-state index contributed by atoms with van der Waals surface area (Å²) in [6, 6.07) is 6.09. The highest BCUT2D eigenvalue weighted by Gasteiger charge is 2.31. The van der Waals surface area contributed by atoms with Crippen LogP contribution in [0.5, 0.6) is 5.75 Å². The summed E-state index contributed by atoms with van der Waals surface area (Å²) in [6.45, 7) is 9.33. The van der Waals surface area contributed by atoms with Crippen LogP contribution in [0.25, 0.3) is 0 Å². The van der Waals surface area contributed by atoms with E-state index in [1.54, 1.807) is 0 Å². The summed E-state index contributed by atoms with van der Waals surface area (Å²) >= 11 is 0. The molecule has 0 amide bonds. The fourth-order valence-electron chi connectivity index (χ4n) is 3.33. The van der Waals surface area contributed by atoms with E-state index in [2.05, 4.69) is 35.0 Å². The maximum atomic E-state index is 11.0. The first-order chi connectivity index (χ1) is 12.0. The highest BCUT2D eigenvalue weighted by Crippen LogP contribution is 2.25. The van der Waals surface area contributed by atoms with Crippen LogP contribution in [0.3, 0.4) is 0 Å². The molecule has 0 spiro atoms. The third kappa shape index (κ3) is 4.61. The van der Waals surface area contributed by atoms with E-state index in [4.69, 9.17) is 4.74 Å². The first-order valence-corrected chi connectivity index (χ1v) is 9.09. The molecule has 0 radical (unpaired) electrons. The van der Waals surface area contributed by atoms with Gasteiger partial charge in [-0.25, -0.2) is 0 Å². The number of hydrogen-bond acceptors (Lipinski definition) is 4. The van der Waals surface area contributed by atoms with Crippen molar-refractivity contribution < 1.29 is 9.84 Å². The van der Waals surface area contributed by atoms with E-state index in [1.807, 2.05) is 25.3 Å². The summed E-state index contributed by atoms with van der Waals surface area (Å²) in [4.78, 5) is 2.39. The predicted molar refractivity (Wildman–Crippen MR) is 98.8 cm³/mol. The molecule has 2 heterocycles. The minimum absolute atomic E-state index is 0.355. The van der Waals surface area contributed by atoms with Gasteiger partial charge in [-0.1, -0.05) is 6.07 Å². The summed E-state index contributed by atoms with van der Waals surface area (Å²) in [6.07, 6.45) is 4.38. The number of ether oxygens (including phenoxy) is 1. The molecule has 1 aromatic heterocycles. The molecule has 25 heavy (non-hydrogen) atoms. The molecule has 2 N–H and O–H groups in total. The smallest absolute Gasteiger partial charge is 0.119 e. The van der Waals surface area contributed by atoms with Crippen LogP contribution in [-0.2, 0) is 6.54 Å². The molecule has 5 heteroatoms.